The maximum atomic E-state index is 14.0. The molecule has 2 fully saturated rings. The Hall–Kier alpha value is -2.80. The van der Waals surface area contributed by atoms with Crippen molar-refractivity contribution in [3.05, 3.63) is 54.5 Å². The molecular weight excluding hydrogens is 335 g/mol. The van der Waals surface area contributed by atoms with Crippen LogP contribution in [0.4, 0.5) is 15.9 Å². The van der Waals surface area contributed by atoms with Gasteiger partial charge in [0.25, 0.3) is 11.7 Å². The van der Waals surface area contributed by atoms with E-state index >= 15 is 0 Å². The first-order valence-electron chi connectivity index (χ1n) is 8.83. The first-order valence-corrected chi connectivity index (χ1v) is 8.83. The lowest BCUT2D eigenvalue weighted by atomic mass is 10.1. The number of nitrogens with one attached hydrogen (secondary N) is 2. The lowest BCUT2D eigenvalue weighted by molar-refractivity contribution is -0.915. The molecule has 3 heterocycles. The summed E-state index contributed by atoms with van der Waals surface area (Å²) in [7, 11) is 0. The predicted molar refractivity (Wildman–Crippen MR) is 93.2 cm³/mol. The number of H-pyrrole nitrogens is 1. The monoisotopic (exact) mass is 356 g/mol. The van der Waals surface area contributed by atoms with Gasteiger partial charge in [0.05, 0.1) is 18.3 Å². The van der Waals surface area contributed by atoms with E-state index in [2.05, 4.69) is 9.88 Å². The van der Waals surface area contributed by atoms with Crippen LogP contribution >= 0.6 is 0 Å². The highest BCUT2D eigenvalue weighted by Crippen LogP contribution is 2.24. The Morgan fingerprint density at radius 1 is 1.04 bits per heavy atom. The summed E-state index contributed by atoms with van der Waals surface area (Å²) in [6.45, 7) is 3.12. The van der Waals surface area contributed by atoms with Crippen LogP contribution in [-0.2, 0) is 9.59 Å². The molecule has 1 atom stereocenters. The highest BCUT2D eigenvalue weighted by molar-refractivity contribution is 6.21. The number of imide groups is 1. The third-order valence-corrected chi connectivity index (χ3v) is 5.17. The van der Waals surface area contributed by atoms with Crippen molar-refractivity contribution in [1.29, 1.82) is 0 Å². The van der Waals surface area contributed by atoms with Gasteiger partial charge in [-0.25, -0.2) is 14.3 Å². The molecule has 0 aliphatic carbocycles. The molecular formula is C19H21FN4O2+2. The Bertz CT molecular complexity index is 821. The molecule has 134 valence electrons. The number of pyridine rings is 1. The molecule has 4 rings (SSSR count). The number of amides is 2. The van der Waals surface area contributed by atoms with Crippen LogP contribution in [-0.4, -0.2) is 44.0 Å². The van der Waals surface area contributed by atoms with Crippen LogP contribution < -0.4 is 19.7 Å². The van der Waals surface area contributed by atoms with Gasteiger partial charge >= 0.3 is 0 Å². The topological polar surface area (TPSA) is 59.2 Å². The first-order chi connectivity index (χ1) is 12.6. The Morgan fingerprint density at radius 2 is 1.77 bits per heavy atom. The Kier molecular flexibility index (Phi) is 4.38. The second-order valence-corrected chi connectivity index (χ2v) is 6.67. The summed E-state index contributed by atoms with van der Waals surface area (Å²) in [6, 6.07) is 11.4. The van der Waals surface area contributed by atoms with Crippen LogP contribution in [0.5, 0.6) is 0 Å². The maximum Gasteiger partial charge on any atom is 0.292 e. The third kappa shape index (κ3) is 2.94. The van der Waals surface area contributed by atoms with Gasteiger partial charge in [-0.15, -0.1) is 0 Å². The number of carbonyl (C=O) groups is 2. The van der Waals surface area contributed by atoms with Crippen LogP contribution in [0.25, 0.3) is 0 Å². The fourth-order valence-corrected chi connectivity index (χ4v) is 3.80. The second kappa shape index (κ2) is 6.84. The summed E-state index contributed by atoms with van der Waals surface area (Å²) in [5.74, 6) is -0.117. The SMILES string of the molecule is O=C1C[C@@H]([NH+]2CCN(c3cccc[nH+]3)CC2)C(=O)N1c1ccccc1F. The summed E-state index contributed by atoms with van der Waals surface area (Å²) in [4.78, 5) is 32.8. The molecule has 0 radical (unpaired) electrons. The normalized spacial score (nSPS) is 21.5. The summed E-state index contributed by atoms with van der Waals surface area (Å²) in [5.41, 5.74) is 0.0573. The fraction of sp³-hybridized carbons (Fsp3) is 0.316. The van der Waals surface area contributed by atoms with Crippen molar-refractivity contribution in [3.63, 3.8) is 0 Å². The molecule has 26 heavy (non-hydrogen) atoms. The fourth-order valence-electron chi connectivity index (χ4n) is 3.80. The standard InChI is InChI=1S/C19H19FN4O2/c20-14-5-1-2-6-15(14)24-18(25)13-16(19(24)26)22-9-11-23(12-10-22)17-7-3-4-8-21-17/h1-8,16H,9-13H2/p+2/t16-/m1/s1. The van der Waals surface area contributed by atoms with E-state index in [0.717, 1.165) is 41.8 Å². The molecule has 0 bridgehead atoms. The quantitative estimate of drug-likeness (QED) is 0.767. The lowest BCUT2D eigenvalue weighted by Crippen LogP contribution is -3.19. The number of anilines is 2. The summed E-state index contributed by atoms with van der Waals surface area (Å²) in [6.07, 6.45) is 2.03. The molecule has 1 aromatic carbocycles. The smallest absolute Gasteiger partial charge is 0.292 e. The van der Waals surface area contributed by atoms with Gasteiger partial charge in [-0.3, -0.25) is 14.5 Å². The summed E-state index contributed by atoms with van der Waals surface area (Å²) in [5, 5.41) is 0. The average Bonchev–Trinajstić information content (AvgIpc) is 2.97. The van der Waals surface area contributed by atoms with E-state index in [1.807, 2.05) is 24.4 Å². The van der Waals surface area contributed by atoms with Gasteiger partial charge in [0.15, 0.2) is 6.04 Å². The van der Waals surface area contributed by atoms with Crippen LogP contribution in [0.3, 0.4) is 0 Å². The second-order valence-electron chi connectivity index (χ2n) is 6.67. The van der Waals surface area contributed by atoms with Gasteiger partial charge in [-0.1, -0.05) is 18.2 Å². The molecule has 2 aliphatic heterocycles. The number of hydrogen-bond donors (Lipinski definition) is 1. The van der Waals surface area contributed by atoms with Crippen molar-refractivity contribution in [1.82, 2.24) is 0 Å². The number of aromatic nitrogens is 1. The van der Waals surface area contributed by atoms with Crippen LogP contribution in [0.2, 0.25) is 0 Å². The molecule has 2 N–H and O–H groups in total. The molecule has 2 aliphatic rings. The number of para-hydroxylation sites is 1. The number of hydrogen-bond acceptors (Lipinski definition) is 3. The number of aromatic amines is 1. The molecule has 0 unspecified atom stereocenters. The number of benzene rings is 1. The molecule has 0 saturated carbocycles. The largest absolute Gasteiger partial charge is 0.318 e. The van der Waals surface area contributed by atoms with Gasteiger partial charge in [-0.05, 0) is 18.2 Å². The molecule has 0 spiro atoms. The minimum atomic E-state index is -0.547. The molecule has 2 aromatic rings. The number of carbonyl (C=O) groups excluding carboxylic acids is 2. The zero-order valence-corrected chi connectivity index (χ0v) is 14.3. The molecule has 2 amide bonds. The van der Waals surface area contributed by atoms with E-state index in [-0.39, 0.29) is 23.9 Å². The van der Waals surface area contributed by atoms with E-state index in [9.17, 15) is 14.0 Å². The molecule has 7 heteroatoms. The van der Waals surface area contributed by atoms with E-state index in [1.54, 1.807) is 12.1 Å². The minimum absolute atomic E-state index is 0.0573. The number of quaternary nitrogens is 1. The zero-order valence-electron chi connectivity index (χ0n) is 14.3. The highest BCUT2D eigenvalue weighted by Gasteiger charge is 2.47. The van der Waals surface area contributed by atoms with Crippen molar-refractivity contribution < 1.29 is 23.9 Å². The molecule has 1 aromatic heterocycles. The number of nitrogens with zero attached hydrogens (tertiary/aromatic N) is 2. The molecule has 2 saturated heterocycles. The minimum Gasteiger partial charge on any atom is -0.318 e. The predicted octanol–water partition coefficient (Wildman–Crippen LogP) is -0.323. The van der Waals surface area contributed by atoms with Crippen molar-refractivity contribution in [2.45, 2.75) is 12.5 Å². The van der Waals surface area contributed by atoms with Crippen molar-refractivity contribution >= 4 is 23.3 Å². The maximum absolute atomic E-state index is 14.0. The van der Waals surface area contributed by atoms with Gasteiger partial charge in [0.2, 0.25) is 5.91 Å². The van der Waals surface area contributed by atoms with E-state index in [0.29, 0.717) is 0 Å². The average molecular weight is 356 g/mol. The van der Waals surface area contributed by atoms with Gasteiger partial charge in [0, 0.05) is 6.07 Å². The van der Waals surface area contributed by atoms with E-state index in [4.69, 9.17) is 0 Å². The highest BCUT2D eigenvalue weighted by atomic mass is 19.1. The van der Waals surface area contributed by atoms with Crippen LogP contribution in [0.15, 0.2) is 48.7 Å². The lowest BCUT2D eigenvalue weighted by Gasteiger charge is -2.31. The Balaban J connectivity index is 1.46. The summed E-state index contributed by atoms with van der Waals surface area (Å²) >= 11 is 0. The Labute approximate surface area is 150 Å². The van der Waals surface area contributed by atoms with Crippen LogP contribution in [0.1, 0.15) is 6.42 Å². The van der Waals surface area contributed by atoms with Gasteiger partial charge in [-0.2, -0.15) is 0 Å². The third-order valence-electron chi connectivity index (χ3n) is 5.17. The van der Waals surface area contributed by atoms with Gasteiger partial charge in [0.1, 0.15) is 32.0 Å². The summed E-state index contributed by atoms with van der Waals surface area (Å²) < 4.78 is 14.0. The van der Waals surface area contributed by atoms with Crippen LogP contribution in [0, 0.1) is 5.82 Å². The van der Waals surface area contributed by atoms with Crippen molar-refractivity contribution in [2.24, 2.45) is 0 Å². The van der Waals surface area contributed by atoms with E-state index in [1.165, 1.54) is 12.1 Å². The number of piperazine rings is 1. The number of halogens is 1. The first kappa shape index (κ1) is 16.7. The van der Waals surface area contributed by atoms with Crippen molar-refractivity contribution in [2.75, 3.05) is 36.0 Å². The van der Waals surface area contributed by atoms with Gasteiger partial charge < -0.3 is 4.90 Å². The van der Waals surface area contributed by atoms with Crippen molar-refractivity contribution in [3.8, 4) is 0 Å². The Morgan fingerprint density at radius 3 is 2.46 bits per heavy atom. The molecule has 6 nitrogen and oxygen atoms in total. The number of rotatable bonds is 3. The zero-order chi connectivity index (χ0) is 18.1. The van der Waals surface area contributed by atoms with E-state index < -0.39 is 11.9 Å².